The van der Waals surface area contributed by atoms with Crippen molar-refractivity contribution < 1.29 is 18.0 Å². The normalized spacial score (nSPS) is 12.6. The fourth-order valence-corrected chi connectivity index (χ4v) is 1.28. The number of nitrogens with one attached hydrogen (secondary N) is 1. The SMILES string of the molecule is CNC(C)(C)C(=O)c1ccc(C(F)(F)F)cc1. The minimum atomic E-state index is -4.37. The van der Waals surface area contributed by atoms with Gasteiger partial charge in [-0.3, -0.25) is 4.79 Å². The monoisotopic (exact) mass is 245 g/mol. The number of hydrogen-bond donors (Lipinski definition) is 1. The van der Waals surface area contributed by atoms with Gasteiger partial charge >= 0.3 is 6.18 Å². The van der Waals surface area contributed by atoms with Crippen molar-refractivity contribution in [1.29, 1.82) is 0 Å². The van der Waals surface area contributed by atoms with Crippen molar-refractivity contribution in [3.8, 4) is 0 Å². The summed E-state index contributed by atoms with van der Waals surface area (Å²) < 4.78 is 37.0. The molecule has 0 atom stereocenters. The van der Waals surface area contributed by atoms with Crippen molar-refractivity contribution >= 4 is 5.78 Å². The molecule has 1 aromatic rings. The fraction of sp³-hybridized carbons (Fsp3) is 0.417. The molecule has 17 heavy (non-hydrogen) atoms. The van der Waals surface area contributed by atoms with Crippen molar-refractivity contribution in [3.05, 3.63) is 35.4 Å². The van der Waals surface area contributed by atoms with Crippen molar-refractivity contribution in [2.45, 2.75) is 25.6 Å². The summed E-state index contributed by atoms with van der Waals surface area (Å²) in [6, 6.07) is 4.23. The molecule has 1 aromatic carbocycles. The number of ketones is 1. The molecule has 94 valence electrons. The van der Waals surface area contributed by atoms with Crippen molar-refractivity contribution in [2.24, 2.45) is 0 Å². The Morgan fingerprint density at radius 3 is 1.94 bits per heavy atom. The largest absolute Gasteiger partial charge is 0.416 e. The highest BCUT2D eigenvalue weighted by molar-refractivity contribution is 6.02. The van der Waals surface area contributed by atoms with Gasteiger partial charge in [-0.2, -0.15) is 13.2 Å². The second-order valence-electron chi connectivity index (χ2n) is 4.28. The Bertz CT molecular complexity index is 407. The van der Waals surface area contributed by atoms with Crippen LogP contribution in [0.1, 0.15) is 29.8 Å². The molecule has 1 N–H and O–H groups in total. The molecule has 0 spiro atoms. The second kappa shape index (κ2) is 4.49. The molecular weight excluding hydrogens is 231 g/mol. The zero-order valence-electron chi connectivity index (χ0n) is 9.85. The third kappa shape index (κ3) is 3.06. The van der Waals surface area contributed by atoms with Crippen LogP contribution in [0.3, 0.4) is 0 Å². The van der Waals surface area contributed by atoms with Crippen LogP contribution in [0.5, 0.6) is 0 Å². The van der Waals surface area contributed by atoms with E-state index in [4.69, 9.17) is 0 Å². The number of benzene rings is 1. The van der Waals surface area contributed by atoms with Crippen LogP contribution < -0.4 is 5.32 Å². The van der Waals surface area contributed by atoms with Gasteiger partial charge in [-0.15, -0.1) is 0 Å². The molecule has 0 aromatic heterocycles. The second-order valence-corrected chi connectivity index (χ2v) is 4.28. The zero-order chi connectivity index (χ0) is 13.3. The average Bonchev–Trinajstić information content (AvgIpc) is 2.27. The molecule has 0 amide bonds. The number of halogens is 3. The summed E-state index contributed by atoms with van der Waals surface area (Å²) in [5.41, 5.74) is -1.28. The van der Waals surface area contributed by atoms with Crippen LogP contribution in [-0.2, 0) is 6.18 Å². The van der Waals surface area contributed by atoms with E-state index in [-0.39, 0.29) is 11.3 Å². The molecule has 5 heteroatoms. The van der Waals surface area contributed by atoms with Gasteiger partial charge in [-0.25, -0.2) is 0 Å². The van der Waals surface area contributed by atoms with Crippen LogP contribution in [0.15, 0.2) is 24.3 Å². The van der Waals surface area contributed by atoms with Gasteiger partial charge in [0.15, 0.2) is 5.78 Å². The molecule has 0 heterocycles. The Hall–Kier alpha value is -1.36. The lowest BCUT2D eigenvalue weighted by molar-refractivity contribution is -0.137. The van der Waals surface area contributed by atoms with Crippen LogP contribution in [-0.4, -0.2) is 18.4 Å². The highest BCUT2D eigenvalue weighted by Crippen LogP contribution is 2.29. The topological polar surface area (TPSA) is 29.1 Å². The van der Waals surface area contributed by atoms with E-state index in [0.717, 1.165) is 12.1 Å². The van der Waals surface area contributed by atoms with Crippen LogP contribution in [0.25, 0.3) is 0 Å². The average molecular weight is 245 g/mol. The molecule has 0 aliphatic carbocycles. The van der Waals surface area contributed by atoms with Gasteiger partial charge < -0.3 is 5.32 Å². The summed E-state index contributed by atoms with van der Waals surface area (Å²) in [6.07, 6.45) is -4.37. The maximum atomic E-state index is 12.3. The maximum Gasteiger partial charge on any atom is 0.416 e. The van der Waals surface area contributed by atoms with Crippen LogP contribution in [0.4, 0.5) is 13.2 Å². The maximum absolute atomic E-state index is 12.3. The number of hydrogen-bond acceptors (Lipinski definition) is 2. The Morgan fingerprint density at radius 1 is 1.12 bits per heavy atom. The highest BCUT2D eigenvalue weighted by Gasteiger charge is 2.31. The summed E-state index contributed by atoms with van der Waals surface area (Å²) in [5, 5.41) is 2.81. The van der Waals surface area contributed by atoms with E-state index in [0.29, 0.717) is 0 Å². The van der Waals surface area contributed by atoms with Gasteiger partial charge in [0.2, 0.25) is 0 Å². The summed E-state index contributed by atoms with van der Waals surface area (Å²) >= 11 is 0. The summed E-state index contributed by atoms with van der Waals surface area (Å²) in [4.78, 5) is 11.9. The smallest absolute Gasteiger partial charge is 0.308 e. The number of likely N-dealkylation sites (N-methyl/N-ethyl adjacent to an activating group) is 1. The third-order valence-electron chi connectivity index (χ3n) is 2.67. The van der Waals surface area contributed by atoms with Gasteiger partial charge in [0.25, 0.3) is 0 Å². The van der Waals surface area contributed by atoms with Gasteiger partial charge in [-0.05, 0) is 33.0 Å². The summed E-state index contributed by atoms with van der Waals surface area (Å²) in [5.74, 6) is -0.242. The molecule has 0 bridgehead atoms. The number of alkyl halides is 3. The van der Waals surface area contributed by atoms with Gasteiger partial charge in [0.1, 0.15) is 0 Å². The summed E-state index contributed by atoms with van der Waals surface area (Å²) in [6.45, 7) is 3.35. The minimum Gasteiger partial charge on any atom is -0.308 e. The Kier molecular flexibility index (Phi) is 3.62. The van der Waals surface area contributed by atoms with Crippen molar-refractivity contribution in [1.82, 2.24) is 5.32 Å². The minimum absolute atomic E-state index is 0.242. The molecule has 0 saturated carbocycles. The molecule has 0 aliphatic heterocycles. The van der Waals surface area contributed by atoms with Crippen LogP contribution in [0.2, 0.25) is 0 Å². The Labute approximate surface area is 97.8 Å². The number of carbonyl (C=O) groups excluding carboxylic acids is 1. The molecule has 0 radical (unpaired) electrons. The fourth-order valence-electron chi connectivity index (χ4n) is 1.28. The first-order chi connectivity index (χ1) is 7.68. The lowest BCUT2D eigenvalue weighted by Crippen LogP contribution is -2.44. The first-order valence-corrected chi connectivity index (χ1v) is 5.09. The predicted octanol–water partition coefficient (Wildman–Crippen LogP) is 2.89. The quantitative estimate of drug-likeness (QED) is 0.829. The highest BCUT2D eigenvalue weighted by atomic mass is 19.4. The Morgan fingerprint density at radius 2 is 1.59 bits per heavy atom. The number of carbonyl (C=O) groups is 1. The lowest BCUT2D eigenvalue weighted by atomic mass is 9.93. The van der Waals surface area contributed by atoms with E-state index in [1.165, 1.54) is 12.1 Å². The van der Waals surface area contributed by atoms with Crippen molar-refractivity contribution in [2.75, 3.05) is 7.05 Å². The van der Waals surface area contributed by atoms with Crippen molar-refractivity contribution in [3.63, 3.8) is 0 Å². The predicted molar refractivity (Wildman–Crippen MR) is 58.9 cm³/mol. The van der Waals surface area contributed by atoms with E-state index in [1.807, 2.05) is 0 Å². The van der Waals surface area contributed by atoms with E-state index < -0.39 is 17.3 Å². The molecular formula is C12H14F3NO. The molecule has 0 fully saturated rings. The zero-order valence-corrected chi connectivity index (χ0v) is 9.85. The van der Waals surface area contributed by atoms with Gasteiger partial charge in [-0.1, -0.05) is 12.1 Å². The third-order valence-corrected chi connectivity index (χ3v) is 2.67. The molecule has 0 unspecified atom stereocenters. The standard InChI is InChI=1S/C12H14F3NO/c1-11(2,16-3)10(17)8-4-6-9(7-5-8)12(13,14)15/h4-7,16H,1-3H3. The van der Waals surface area contributed by atoms with E-state index in [1.54, 1.807) is 20.9 Å². The molecule has 0 aliphatic rings. The van der Waals surface area contributed by atoms with Gasteiger partial charge in [0, 0.05) is 5.56 Å². The number of Topliss-reactive ketones (excluding diaryl/α,β-unsaturated/α-hetero) is 1. The van der Waals surface area contributed by atoms with Crippen LogP contribution >= 0.6 is 0 Å². The van der Waals surface area contributed by atoms with E-state index in [2.05, 4.69) is 5.32 Å². The molecule has 2 nitrogen and oxygen atoms in total. The Balaban J connectivity index is 3.00. The van der Waals surface area contributed by atoms with E-state index in [9.17, 15) is 18.0 Å². The van der Waals surface area contributed by atoms with Crippen LogP contribution in [0, 0.1) is 0 Å². The first kappa shape index (κ1) is 13.7. The van der Waals surface area contributed by atoms with E-state index >= 15 is 0 Å². The lowest BCUT2D eigenvalue weighted by Gasteiger charge is -2.22. The summed E-state index contributed by atoms with van der Waals surface area (Å²) in [7, 11) is 1.63. The molecule has 1 rings (SSSR count). The molecule has 0 saturated heterocycles. The number of rotatable bonds is 3. The first-order valence-electron chi connectivity index (χ1n) is 5.09. The van der Waals surface area contributed by atoms with Gasteiger partial charge in [0.05, 0.1) is 11.1 Å².